The number of halogens is 1. The summed E-state index contributed by atoms with van der Waals surface area (Å²) in [6, 6.07) is 1.85. The normalized spacial score (nSPS) is 10.3. The molecule has 0 aliphatic heterocycles. The lowest BCUT2D eigenvalue weighted by atomic mass is 10.3. The molecule has 2 heterocycles. The minimum Gasteiger partial charge on any atom is -0.272 e. The zero-order valence-electron chi connectivity index (χ0n) is 6.98. The van der Waals surface area contributed by atoms with Crippen LogP contribution in [0, 0.1) is 6.92 Å². The predicted molar refractivity (Wildman–Crippen MR) is 48.9 cm³/mol. The summed E-state index contributed by atoms with van der Waals surface area (Å²) in [5.74, 6) is 0.800. The van der Waals surface area contributed by atoms with Gasteiger partial charge < -0.3 is 0 Å². The van der Waals surface area contributed by atoms with Crippen molar-refractivity contribution in [3.8, 4) is 5.82 Å². The zero-order valence-corrected chi connectivity index (χ0v) is 7.73. The van der Waals surface area contributed by atoms with Crippen LogP contribution in [0.5, 0.6) is 0 Å². The lowest BCUT2D eigenvalue weighted by Gasteiger charge is -2.03. The molecule has 13 heavy (non-hydrogen) atoms. The van der Waals surface area contributed by atoms with Gasteiger partial charge in [0.2, 0.25) is 0 Å². The Morgan fingerprint density at radius 2 is 2.00 bits per heavy atom. The Bertz CT molecular complexity index is 410. The molecule has 0 atom stereocenters. The maximum atomic E-state index is 5.78. The van der Waals surface area contributed by atoms with Crippen LogP contribution < -0.4 is 0 Å². The van der Waals surface area contributed by atoms with E-state index in [0.717, 1.165) is 11.4 Å². The maximum absolute atomic E-state index is 5.78. The molecule has 0 saturated heterocycles. The fraction of sp³-hybridized carbons (Fsp3) is 0.125. The third-order valence-electron chi connectivity index (χ3n) is 1.68. The second-order valence-corrected chi connectivity index (χ2v) is 3.10. The third-order valence-corrected chi connectivity index (χ3v) is 1.89. The summed E-state index contributed by atoms with van der Waals surface area (Å²) in [7, 11) is 0. The van der Waals surface area contributed by atoms with E-state index in [4.69, 9.17) is 11.6 Å². The molecule has 0 fully saturated rings. The van der Waals surface area contributed by atoms with Gasteiger partial charge in [0.1, 0.15) is 18.5 Å². The highest BCUT2D eigenvalue weighted by Crippen LogP contribution is 2.14. The standard InChI is InChI=1S/C8H7ClN4/c1-6-2-7(9)3-10-8(6)13-4-11-12-5-13/h2-5H,1H3. The topological polar surface area (TPSA) is 43.6 Å². The van der Waals surface area contributed by atoms with Crippen LogP contribution in [0.4, 0.5) is 0 Å². The number of hydrogen-bond acceptors (Lipinski definition) is 3. The van der Waals surface area contributed by atoms with E-state index in [1.54, 1.807) is 23.4 Å². The highest BCUT2D eigenvalue weighted by molar-refractivity contribution is 6.30. The third kappa shape index (κ3) is 1.53. The monoisotopic (exact) mass is 194 g/mol. The summed E-state index contributed by atoms with van der Waals surface area (Å²) in [4.78, 5) is 4.17. The van der Waals surface area contributed by atoms with E-state index in [1.165, 1.54) is 0 Å². The number of hydrogen-bond donors (Lipinski definition) is 0. The van der Waals surface area contributed by atoms with Crippen molar-refractivity contribution in [3.05, 3.63) is 35.5 Å². The molecule has 0 aliphatic rings. The van der Waals surface area contributed by atoms with E-state index in [9.17, 15) is 0 Å². The van der Waals surface area contributed by atoms with Crippen molar-refractivity contribution in [2.75, 3.05) is 0 Å². The number of aryl methyl sites for hydroxylation is 1. The van der Waals surface area contributed by atoms with E-state index in [0.29, 0.717) is 5.02 Å². The number of nitrogens with zero attached hydrogens (tertiary/aromatic N) is 4. The van der Waals surface area contributed by atoms with Gasteiger partial charge in [0.15, 0.2) is 0 Å². The van der Waals surface area contributed by atoms with Crippen LogP contribution in [0.3, 0.4) is 0 Å². The number of pyridine rings is 1. The Hall–Kier alpha value is -1.42. The summed E-state index contributed by atoms with van der Waals surface area (Å²) in [6.07, 6.45) is 4.80. The average molecular weight is 195 g/mol. The Kier molecular flexibility index (Phi) is 1.98. The summed E-state index contributed by atoms with van der Waals surface area (Å²) in [6.45, 7) is 1.94. The second kappa shape index (κ2) is 3.14. The van der Waals surface area contributed by atoms with Gasteiger partial charge in [-0.05, 0) is 18.6 Å². The van der Waals surface area contributed by atoms with Gasteiger partial charge >= 0.3 is 0 Å². The highest BCUT2D eigenvalue weighted by Gasteiger charge is 2.02. The van der Waals surface area contributed by atoms with Gasteiger partial charge in [-0.3, -0.25) is 4.57 Å². The minimum atomic E-state index is 0.634. The number of aromatic nitrogens is 4. The van der Waals surface area contributed by atoms with Gasteiger partial charge in [0, 0.05) is 6.20 Å². The van der Waals surface area contributed by atoms with E-state index >= 15 is 0 Å². The predicted octanol–water partition coefficient (Wildman–Crippen LogP) is 1.62. The SMILES string of the molecule is Cc1cc(Cl)cnc1-n1cnnc1. The molecular weight excluding hydrogens is 188 g/mol. The maximum Gasteiger partial charge on any atom is 0.142 e. The molecule has 0 unspecified atom stereocenters. The lowest BCUT2D eigenvalue weighted by molar-refractivity contribution is 0.973. The molecule has 0 amide bonds. The Morgan fingerprint density at radius 1 is 1.31 bits per heavy atom. The van der Waals surface area contributed by atoms with Crippen LogP contribution in [-0.4, -0.2) is 19.7 Å². The van der Waals surface area contributed by atoms with Crippen molar-refractivity contribution in [1.82, 2.24) is 19.7 Å². The Balaban J connectivity index is 2.53. The molecule has 5 heteroatoms. The van der Waals surface area contributed by atoms with E-state index < -0.39 is 0 Å². The molecule has 0 spiro atoms. The number of rotatable bonds is 1. The van der Waals surface area contributed by atoms with Gasteiger partial charge in [-0.25, -0.2) is 4.98 Å². The first-order valence-corrected chi connectivity index (χ1v) is 4.12. The molecule has 0 bridgehead atoms. The summed E-state index contributed by atoms with van der Waals surface area (Å²) >= 11 is 5.78. The first-order chi connectivity index (χ1) is 6.27. The highest BCUT2D eigenvalue weighted by atomic mass is 35.5. The Labute approximate surface area is 80.2 Å². The van der Waals surface area contributed by atoms with Crippen molar-refractivity contribution in [2.24, 2.45) is 0 Å². The lowest BCUT2D eigenvalue weighted by Crippen LogP contribution is -1.97. The van der Waals surface area contributed by atoms with Crippen molar-refractivity contribution < 1.29 is 0 Å². The smallest absolute Gasteiger partial charge is 0.142 e. The average Bonchev–Trinajstić information content (AvgIpc) is 2.56. The van der Waals surface area contributed by atoms with Gasteiger partial charge in [0.05, 0.1) is 5.02 Å². The minimum absolute atomic E-state index is 0.634. The first-order valence-electron chi connectivity index (χ1n) is 3.74. The summed E-state index contributed by atoms with van der Waals surface area (Å²) in [5, 5.41) is 8.04. The molecule has 2 rings (SSSR count). The van der Waals surface area contributed by atoms with Crippen molar-refractivity contribution in [3.63, 3.8) is 0 Å². The molecule has 66 valence electrons. The quantitative estimate of drug-likeness (QED) is 0.693. The van der Waals surface area contributed by atoms with Gasteiger partial charge in [-0.2, -0.15) is 0 Å². The van der Waals surface area contributed by atoms with Gasteiger partial charge in [-0.1, -0.05) is 11.6 Å². The molecule has 0 radical (unpaired) electrons. The van der Waals surface area contributed by atoms with Crippen LogP contribution in [0.25, 0.3) is 5.82 Å². The van der Waals surface area contributed by atoms with Crippen LogP contribution in [-0.2, 0) is 0 Å². The van der Waals surface area contributed by atoms with Gasteiger partial charge in [0.25, 0.3) is 0 Å². The zero-order chi connectivity index (χ0) is 9.26. The van der Waals surface area contributed by atoms with E-state index in [-0.39, 0.29) is 0 Å². The Morgan fingerprint density at radius 3 is 2.62 bits per heavy atom. The molecule has 0 aliphatic carbocycles. The fourth-order valence-corrected chi connectivity index (χ4v) is 1.33. The molecular formula is C8H7ClN4. The summed E-state index contributed by atoms with van der Waals surface area (Å²) < 4.78 is 1.74. The summed E-state index contributed by atoms with van der Waals surface area (Å²) in [5.41, 5.74) is 0.993. The molecule has 2 aromatic rings. The van der Waals surface area contributed by atoms with E-state index in [1.807, 2.05) is 13.0 Å². The molecule has 2 aromatic heterocycles. The van der Waals surface area contributed by atoms with Gasteiger partial charge in [-0.15, -0.1) is 10.2 Å². The van der Waals surface area contributed by atoms with E-state index in [2.05, 4.69) is 15.2 Å². The van der Waals surface area contributed by atoms with Crippen LogP contribution in [0.1, 0.15) is 5.56 Å². The molecule has 0 aromatic carbocycles. The van der Waals surface area contributed by atoms with Crippen LogP contribution in [0.2, 0.25) is 5.02 Å². The first kappa shape index (κ1) is 8.19. The van der Waals surface area contributed by atoms with Crippen molar-refractivity contribution in [1.29, 1.82) is 0 Å². The van der Waals surface area contributed by atoms with Crippen molar-refractivity contribution in [2.45, 2.75) is 6.92 Å². The second-order valence-electron chi connectivity index (χ2n) is 2.66. The van der Waals surface area contributed by atoms with Crippen LogP contribution in [0.15, 0.2) is 24.9 Å². The fourth-order valence-electron chi connectivity index (χ4n) is 1.11. The molecule has 0 saturated carbocycles. The molecule has 0 N–H and O–H groups in total. The molecule has 4 nitrogen and oxygen atoms in total. The van der Waals surface area contributed by atoms with Crippen LogP contribution >= 0.6 is 11.6 Å². The van der Waals surface area contributed by atoms with Crippen molar-refractivity contribution >= 4 is 11.6 Å². The largest absolute Gasteiger partial charge is 0.272 e.